The first-order valence-electron chi connectivity index (χ1n) is 6.15. The fourth-order valence-electron chi connectivity index (χ4n) is 1.97. The third-order valence-corrected chi connectivity index (χ3v) is 3.12. The molecule has 0 saturated carbocycles. The molecular formula is C16H19NO. The predicted octanol–water partition coefficient (Wildman–Crippen LogP) is 4.07. The average molecular weight is 241 g/mol. The van der Waals surface area contributed by atoms with Gasteiger partial charge in [0.05, 0.1) is 12.8 Å². The van der Waals surface area contributed by atoms with E-state index in [4.69, 9.17) is 10.5 Å². The number of benzene rings is 2. The molecule has 0 heterocycles. The zero-order valence-corrected chi connectivity index (χ0v) is 11.1. The molecule has 0 spiro atoms. The standard InChI is InChI=1S/C16H19NO/c1-11(2)12-5-4-6-13(9-12)14-7-8-15(17)16(10-14)18-3/h4-11H,17H2,1-3H3. The van der Waals surface area contributed by atoms with Gasteiger partial charge in [-0.05, 0) is 34.7 Å². The normalized spacial score (nSPS) is 10.7. The van der Waals surface area contributed by atoms with Gasteiger partial charge in [-0.15, -0.1) is 0 Å². The second-order valence-corrected chi connectivity index (χ2v) is 4.74. The van der Waals surface area contributed by atoms with Crippen LogP contribution in [-0.2, 0) is 0 Å². The maximum Gasteiger partial charge on any atom is 0.142 e. The molecule has 2 rings (SSSR count). The quantitative estimate of drug-likeness (QED) is 0.822. The molecule has 0 fully saturated rings. The predicted molar refractivity (Wildman–Crippen MR) is 76.9 cm³/mol. The monoisotopic (exact) mass is 241 g/mol. The van der Waals surface area contributed by atoms with Gasteiger partial charge in [-0.25, -0.2) is 0 Å². The molecule has 2 heteroatoms. The lowest BCUT2D eigenvalue weighted by Gasteiger charge is -2.10. The Hall–Kier alpha value is -1.96. The van der Waals surface area contributed by atoms with Gasteiger partial charge in [-0.1, -0.05) is 44.2 Å². The number of ether oxygens (including phenoxy) is 1. The van der Waals surface area contributed by atoms with Crippen molar-refractivity contribution < 1.29 is 4.74 Å². The van der Waals surface area contributed by atoms with E-state index < -0.39 is 0 Å². The van der Waals surface area contributed by atoms with Gasteiger partial charge in [-0.2, -0.15) is 0 Å². The summed E-state index contributed by atoms with van der Waals surface area (Å²) in [5.41, 5.74) is 10.2. The Bertz CT molecular complexity index is 547. The van der Waals surface area contributed by atoms with Crippen LogP contribution in [0.1, 0.15) is 25.3 Å². The molecule has 0 aliphatic rings. The van der Waals surface area contributed by atoms with Crippen molar-refractivity contribution >= 4 is 5.69 Å². The number of hydrogen-bond acceptors (Lipinski definition) is 2. The highest BCUT2D eigenvalue weighted by molar-refractivity contribution is 5.70. The first-order valence-corrected chi connectivity index (χ1v) is 6.15. The number of nitrogen functional groups attached to an aromatic ring is 1. The minimum Gasteiger partial charge on any atom is -0.495 e. The lowest BCUT2D eigenvalue weighted by atomic mass is 9.97. The van der Waals surface area contributed by atoms with Gasteiger partial charge < -0.3 is 10.5 Å². The van der Waals surface area contributed by atoms with Crippen LogP contribution in [0.3, 0.4) is 0 Å². The molecule has 0 aliphatic carbocycles. The molecule has 0 bridgehead atoms. The van der Waals surface area contributed by atoms with Crippen LogP contribution in [0.5, 0.6) is 5.75 Å². The van der Waals surface area contributed by atoms with Crippen LogP contribution in [0.15, 0.2) is 42.5 Å². The van der Waals surface area contributed by atoms with E-state index in [2.05, 4.69) is 38.1 Å². The molecule has 2 aromatic rings. The fraction of sp³-hybridized carbons (Fsp3) is 0.250. The topological polar surface area (TPSA) is 35.2 Å². The fourth-order valence-corrected chi connectivity index (χ4v) is 1.97. The second kappa shape index (κ2) is 5.13. The average Bonchev–Trinajstić information content (AvgIpc) is 2.39. The molecule has 0 atom stereocenters. The number of nitrogens with two attached hydrogens (primary N) is 1. The zero-order chi connectivity index (χ0) is 13.1. The van der Waals surface area contributed by atoms with E-state index >= 15 is 0 Å². The molecule has 0 aromatic heterocycles. The van der Waals surface area contributed by atoms with Gasteiger partial charge in [0.1, 0.15) is 5.75 Å². The summed E-state index contributed by atoms with van der Waals surface area (Å²) in [4.78, 5) is 0. The van der Waals surface area contributed by atoms with Gasteiger partial charge in [0.15, 0.2) is 0 Å². The first kappa shape index (κ1) is 12.5. The number of anilines is 1. The minimum atomic E-state index is 0.528. The number of hydrogen-bond donors (Lipinski definition) is 1. The van der Waals surface area contributed by atoms with Gasteiger partial charge in [0.2, 0.25) is 0 Å². The Kier molecular flexibility index (Phi) is 3.56. The number of methoxy groups -OCH3 is 1. The highest BCUT2D eigenvalue weighted by atomic mass is 16.5. The smallest absolute Gasteiger partial charge is 0.142 e. The molecule has 0 unspecified atom stereocenters. The van der Waals surface area contributed by atoms with E-state index in [0.29, 0.717) is 11.6 Å². The van der Waals surface area contributed by atoms with Gasteiger partial charge >= 0.3 is 0 Å². The van der Waals surface area contributed by atoms with Gasteiger partial charge in [0, 0.05) is 0 Å². The Balaban J connectivity index is 2.45. The Morgan fingerprint density at radius 2 is 1.72 bits per heavy atom. The van der Waals surface area contributed by atoms with Crippen LogP contribution in [-0.4, -0.2) is 7.11 Å². The van der Waals surface area contributed by atoms with Crippen LogP contribution in [0, 0.1) is 0 Å². The summed E-state index contributed by atoms with van der Waals surface area (Å²) in [6, 6.07) is 14.5. The third kappa shape index (κ3) is 2.48. The van der Waals surface area contributed by atoms with Gasteiger partial charge in [0.25, 0.3) is 0 Å². The van der Waals surface area contributed by atoms with Crippen LogP contribution in [0.25, 0.3) is 11.1 Å². The molecule has 2 N–H and O–H groups in total. The van der Waals surface area contributed by atoms with Crippen molar-refractivity contribution in [1.29, 1.82) is 0 Å². The molecule has 0 aliphatic heterocycles. The van der Waals surface area contributed by atoms with Crippen LogP contribution in [0.4, 0.5) is 5.69 Å². The van der Waals surface area contributed by atoms with Crippen LogP contribution >= 0.6 is 0 Å². The van der Waals surface area contributed by atoms with E-state index in [1.165, 1.54) is 11.1 Å². The molecule has 0 saturated heterocycles. The molecule has 2 nitrogen and oxygen atoms in total. The SMILES string of the molecule is COc1cc(-c2cccc(C(C)C)c2)ccc1N. The lowest BCUT2D eigenvalue weighted by Crippen LogP contribution is -1.93. The number of rotatable bonds is 3. The molecule has 2 aromatic carbocycles. The summed E-state index contributed by atoms with van der Waals surface area (Å²) in [6.45, 7) is 4.39. The van der Waals surface area contributed by atoms with E-state index in [9.17, 15) is 0 Å². The van der Waals surface area contributed by atoms with Crippen molar-refractivity contribution in [2.75, 3.05) is 12.8 Å². The zero-order valence-electron chi connectivity index (χ0n) is 11.1. The first-order chi connectivity index (χ1) is 8.61. The molecular weight excluding hydrogens is 222 g/mol. The third-order valence-electron chi connectivity index (χ3n) is 3.12. The molecule has 18 heavy (non-hydrogen) atoms. The molecule has 0 amide bonds. The summed E-state index contributed by atoms with van der Waals surface area (Å²) in [5.74, 6) is 1.25. The van der Waals surface area contributed by atoms with E-state index in [1.54, 1.807) is 7.11 Å². The summed E-state index contributed by atoms with van der Waals surface area (Å²) in [5, 5.41) is 0. The van der Waals surface area contributed by atoms with Crippen LogP contribution in [0.2, 0.25) is 0 Å². The Morgan fingerprint density at radius 1 is 1.00 bits per heavy atom. The highest BCUT2D eigenvalue weighted by Gasteiger charge is 2.05. The van der Waals surface area contributed by atoms with Crippen molar-refractivity contribution in [3.05, 3.63) is 48.0 Å². The van der Waals surface area contributed by atoms with E-state index in [-0.39, 0.29) is 0 Å². The maximum absolute atomic E-state index is 5.83. The van der Waals surface area contributed by atoms with Crippen molar-refractivity contribution in [3.63, 3.8) is 0 Å². The highest BCUT2D eigenvalue weighted by Crippen LogP contribution is 2.30. The summed E-state index contributed by atoms with van der Waals surface area (Å²) < 4.78 is 5.26. The molecule has 94 valence electrons. The second-order valence-electron chi connectivity index (χ2n) is 4.74. The van der Waals surface area contributed by atoms with Crippen molar-refractivity contribution in [3.8, 4) is 16.9 Å². The Morgan fingerprint density at radius 3 is 2.39 bits per heavy atom. The van der Waals surface area contributed by atoms with Crippen LogP contribution < -0.4 is 10.5 Å². The van der Waals surface area contributed by atoms with Gasteiger partial charge in [-0.3, -0.25) is 0 Å². The van der Waals surface area contributed by atoms with E-state index in [0.717, 1.165) is 11.3 Å². The largest absolute Gasteiger partial charge is 0.495 e. The van der Waals surface area contributed by atoms with Crippen molar-refractivity contribution in [2.45, 2.75) is 19.8 Å². The van der Waals surface area contributed by atoms with Crippen molar-refractivity contribution in [2.24, 2.45) is 0 Å². The van der Waals surface area contributed by atoms with E-state index in [1.807, 2.05) is 18.2 Å². The summed E-state index contributed by atoms with van der Waals surface area (Å²) in [7, 11) is 1.64. The van der Waals surface area contributed by atoms with Crippen molar-refractivity contribution in [1.82, 2.24) is 0 Å². The minimum absolute atomic E-state index is 0.528. The Labute approximate surface area is 108 Å². The molecule has 0 radical (unpaired) electrons. The maximum atomic E-state index is 5.83. The summed E-state index contributed by atoms with van der Waals surface area (Å²) in [6.07, 6.45) is 0. The summed E-state index contributed by atoms with van der Waals surface area (Å²) >= 11 is 0. The lowest BCUT2D eigenvalue weighted by molar-refractivity contribution is 0.417.